The maximum absolute atomic E-state index is 13.3. The number of hydrogen-bond acceptors (Lipinski definition) is 7. The number of aliphatic carboxylic acids is 1. The Hall–Kier alpha value is -4.66. The lowest BCUT2D eigenvalue weighted by molar-refractivity contribution is -0.132. The smallest absolute Gasteiger partial charge is 0.331 e. The fourth-order valence-electron chi connectivity index (χ4n) is 3.94. The molecule has 0 saturated carbocycles. The van der Waals surface area contributed by atoms with Gasteiger partial charge in [0, 0.05) is 42.8 Å². The van der Waals surface area contributed by atoms with E-state index in [1.807, 2.05) is 0 Å². The molecule has 3 heterocycles. The summed E-state index contributed by atoms with van der Waals surface area (Å²) in [5.74, 6) is -0.285. The highest BCUT2D eigenvalue weighted by Crippen LogP contribution is 2.19. The molecule has 0 aromatic carbocycles. The van der Waals surface area contributed by atoms with Crippen molar-refractivity contribution in [3.05, 3.63) is 57.9 Å². The maximum atomic E-state index is 13.3. The molecule has 37 heavy (non-hydrogen) atoms. The molecule has 1 saturated heterocycles. The average molecular weight is 510 g/mol. The summed E-state index contributed by atoms with van der Waals surface area (Å²) in [6.07, 6.45) is 8.75. The number of aromatic nitrogens is 2. The Morgan fingerprint density at radius 2 is 2.16 bits per heavy atom. The Balaban J connectivity index is 1.86. The molecule has 194 valence electrons. The molecule has 12 nitrogen and oxygen atoms in total. The number of nitrogens with one attached hydrogen (secondary N) is 3. The number of carboxylic acids is 1. The number of amides is 3. The van der Waals surface area contributed by atoms with Gasteiger partial charge in [0.15, 0.2) is 5.69 Å². The van der Waals surface area contributed by atoms with Crippen LogP contribution < -0.4 is 21.5 Å². The Bertz CT molecular complexity index is 1330. The topological polar surface area (TPSA) is 173 Å². The van der Waals surface area contributed by atoms with E-state index in [-0.39, 0.29) is 35.7 Å². The molecule has 1 aliphatic heterocycles. The van der Waals surface area contributed by atoms with Crippen LogP contribution in [0.2, 0.25) is 0 Å². The highest BCUT2D eigenvalue weighted by Gasteiger charge is 2.30. The summed E-state index contributed by atoms with van der Waals surface area (Å²) in [5.41, 5.74) is -0.828. The monoisotopic (exact) mass is 509 g/mol. The van der Waals surface area contributed by atoms with Crippen LogP contribution in [0.25, 0.3) is 0 Å². The Labute approximate surface area is 212 Å². The van der Waals surface area contributed by atoms with Gasteiger partial charge in [0.05, 0.1) is 0 Å². The minimum absolute atomic E-state index is 0.0119. The van der Waals surface area contributed by atoms with Gasteiger partial charge in [-0.05, 0) is 38.8 Å². The highest BCUT2D eigenvalue weighted by molar-refractivity contribution is 6.02. The first-order valence-corrected chi connectivity index (χ1v) is 11.5. The SMILES string of the molecule is C#CC[C@@H](C(=O)N[C@H](/C=C(\C)C(=O)O)C[C@@H]1CCNC1=O)n1cccc(NC(=O)c2cc(C)on2)c1=O. The molecule has 2 aromatic rings. The molecule has 12 heteroatoms. The predicted octanol–water partition coefficient (Wildman–Crippen LogP) is 1.00. The number of terminal acetylenes is 1. The molecule has 0 unspecified atom stereocenters. The molecule has 0 radical (unpaired) electrons. The van der Waals surface area contributed by atoms with Crippen molar-refractivity contribution in [2.45, 2.75) is 45.2 Å². The molecule has 4 N–H and O–H groups in total. The minimum atomic E-state index is -1.17. The number of carbonyl (C=O) groups is 4. The molecule has 1 aliphatic rings. The largest absolute Gasteiger partial charge is 0.478 e. The molecule has 0 spiro atoms. The van der Waals surface area contributed by atoms with Crippen molar-refractivity contribution in [3.63, 3.8) is 0 Å². The summed E-state index contributed by atoms with van der Waals surface area (Å²) in [4.78, 5) is 62.3. The lowest BCUT2D eigenvalue weighted by Gasteiger charge is -2.23. The summed E-state index contributed by atoms with van der Waals surface area (Å²) in [6, 6.07) is 2.28. The molecule has 3 rings (SSSR count). The van der Waals surface area contributed by atoms with Gasteiger partial charge in [0.25, 0.3) is 11.5 Å². The third-order valence-corrected chi connectivity index (χ3v) is 5.85. The first-order chi connectivity index (χ1) is 17.6. The highest BCUT2D eigenvalue weighted by atomic mass is 16.5. The normalized spacial score (nSPS) is 16.8. The molecular formula is C25H27N5O7. The van der Waals surface area contributed by atoms with Gasteiger partial charge in [0.1, 0.15) is 17.5 Å². The molecule has 2 aromatic heterocycles. The van der Waals surface area contributed by atoms with Crippen molar-refractivity contribution in [1.29, 1.82) is 0 Å². The molecule has 1 fully saturated rings. The van der Waals surface area contributed by atoms with Gasteiger partial charge >= 0.3 is 5.97 Å². The third kappa shape index (κ3) is 6.72. The van der Waals surface area contributed by atoms with Gasteiger partial charge in [-0.25, -0.2) is 4.79 Å². The molecular weight excluding hydrogens is 482 g/mol. The first-order valence-electron chi connectivity index (χ1n) is 11.5. The van der Waals surface area contributed by atoms with Gasteiger partial charge in [0.2, 0.25) is 11.8 Å². The zero-order valence-corrected chi connectivity index (χ0v) is 20.3. The van der Waals surface area contributed by atoms with E-state index < -0.39 is 41.3 Å². The standard InChI is InChI=1S/C25H27N5O7/c1-4-6-20(23(33)27-17(11-14(2)25(35)36)13-16-8-9-26-21(16)31)30-10-5-7-18(24(30)34)28-22(32)19-12-15(3)37-29-19/h1,5,7,10-12,16-17,20H,6,8-9,13H2,2-3H3,(H,26,31)(H,27,33)(H,28,32)(H,35,36)/b14-11+/t16-,17+,20-/m0/s1. The fourth-order valence-corrected chi connectivity index (χ4v) is 3.94. The van der Waals surface area contributed by atoms with Gasteiger partial charge in [-0.3, -0.25) is 19.2 Å². The summed E-state index contributed by atoms with van der Waals surface area (Å²) in [6.45, 7) is 3.48. The van der Waals surface area contributed by atoms with E-state index in [9.17, 15) is 29.1 Å². The van der Waals surface area contributed by atoms with Crippen LogP contribution in [0.4, 0.5) is 5.69 Å². The van der Waals surface area contributed by atoms with Crippen LogP contribution in [0.3, 0.4) is 0 Å². The second-order valence-corrected chi connectivity index (χ2v) is 8.62. The lowest BCUT2D eigenvalue weighted by atomic mass is 9.96. The number of hydrogen-bond donors (Lipinski definition) is 4. The van der Waals surface area contributed by atoms with Crippen LogP contribution in [-0.2, 0) is 14.4 Å². The quantitative estimate of drug-likeness (QED) is 0.271. The van der Waals surface area contributed by atoms with E-state index in [4.69, 9.17) is 10.9 Å². The van der Waals surface area contributed by atoms with E-state index >= 15 is 0 Å². The number of anilines is 1. The zero-order chi connectivity index (χ0) is 27.1. The molecule has 3 atom stereocenters. The average Bonchev–Trinajstić information content (AvgIpc) is 3.46. The fraction of sp³-hybridized carbons (Fsp3) is 0.360. The number of aryl methyl sites for hydroxylation is 1. The van der Waals surface area contributed by atoms with Crippen LogP contribution in [0, 0.1) is 25.2 Å². The lowest BCUT2D eigenvalue weighted by Crippen LogP contribution is -2.43. The maximum Gasteiger partial charge on any atom is 0.331 e. The van der Waals surface area contributed by atoms with E-state index in [1.165, 1.54) is 37.4 Å². The van der Waals surface area contributed by atoms with Gasteiger partial charge in [-0.1, -0.05) is 11.2 Å². The van der Waals surface area contributed by atoms with Crippen LogP contribution >= 0.6 is 0 Å². The van der Waals surface area contributed by atoms with Gasteiger partial charge in [-0.2, -0.15) is 0 Å². The van der Waals surface area contributed by atoms with Crippen molar-refractivity contribution in [1.82, 2.24) is 20.4 Å². The van der Waals surface area contributed by atoms with Crippen LogP contribution in [0.5, 0.6) is 0 Å². The van der Waals surface area contributed by atoms with Gasteiger partial charge < -0.3 is 30.1 Å². The molecule has 0 aliphatic carbocycles. The number of pyridine rings is 1. The second kappa shape index (κ2) is 11.9. The van der Waals surface area contributed by atoms with Gasteiger partial charge in [-0.15, -0.1) is 12.3 Å². The first kappa shape index (κ1) is 26.9. The summed E-state index contributed by atoms with van der Waals surface area (Å²) in [5, 5.41) is 20.8. The predicted molar refractivity (Wildman–Crippen MR) is 131 cm³/mol. The minimum Gasteiger partial charge on any atom is -0.478 e. The van der Waals surface area contributed by atoms with E-state index in [1.54, 1.807) is 6.92 Å². The summed E-state index contributed by atoms with van der Waals surface area (Å²) < 4.78 is 5.97. The third-order valence-electron chi connectivity index (χ3n) is 5.85. The van der Waals surface area contributed by atoms with Crippen molar-refractivity contribution in [2.24, 2.45) is 5.92 Å². The van der Waals surface area contributed by atoms with E-state index in [2.05, 4.69) is 27.0 Å². The van der Waals surface area contributed by atoms with Crippen LogP contribution in [-0.4, -0.2) is 51.1 Å². The second-order valence-electron chi connectivity index (χ2n) is 8.62. The van der Waals surface area contributed by atoms with E-state index in [0.717, 1.165) is 4.57 Å². The Kier molecular flexibility index (Phi) is 8.63. The molecule has 3 amide bonds. The van der Waals surface area contributed by atoms with Crippen LogP contribution in [0.1, 0.15) is 48.5 Å². The Morgan fingerprint density at radius 3 is 2.76 bits per heavy atom. The van der Waals surface area contributed by atoms with Crippen LogP contribution in [0.15, 0.2) is 45.4 Å². The van der Waals surface area contributed by atoms with Crippen molar-refractivity contribution >= 4 is 29.4 Å². The zero-order valence-electron chi connectivity index (χ0n) is 20.3. The van der Waals surface area contributed by atoms with Crippen molar-refractivity contribution in [3.8, 4) is 12.3 Å². The summed E-state index contributed by atoms with van der Waals surface area (Å²) in [7, 11) is 0. The number of rotatable bonds is 10. The number of carbonyl (C=O) groups excluding carboxylic acids is 3. The van der Waals surface area contributed by atoms with Crippen molar-refractivity contribution < 1.29 is 28.8 Å². The number of nitrogens with zero attached hydrogens (tertiary/aromatic N) is 2. The van der Waals surface area contributed by atoms with E-state index in [0.29, 0.717) is 18.7 Å². The Morgan fingerprint density at radius 1 is 1.41 bits per heavy atom. The van der Waals surface area contributed by atoms with Crippen molar-refractivity contribution in [2.75, 3.05) is 11.9 Å². The molecule has 0 bridgehead atoms. The summed E-state index contributed by atoms with van der Waals surface area (Å²) >= 11 is 0. The number of carboxylic acid groups (broad SMARTS) is 1.